The summed E-state index contributed by atoms with van der Waals surface area (Å²) in [7, 11) is 0. The summed E-state index contributed by atoms with van der Waals surface area (Å²) in [5, 5.41) is 8.97. The summed E-state index contributed by atoms with van der Waals surface area (Å²) < 4.78 is 1.95. The average Bonchev–Trinajstić information content (AvgIpc) is 2.97. The van der Waals surface area contributed by atoms with E-state index in [0.29, 0.717) is 13.0 Å². The van der Waals surface area contributed by atoms with E-state index >= 15 is 0 Å². The molecule has 1 N–H and O–H groups in total. The fourth-order valence-corrected chi connectivity index (χ4v) is 2.32. The molecule has 0 spiro atoms. The number of hydrogen-bond donors (Lipinski definition) is 1. The van der Waals surface area contributed by atoms with Crippen LogP contribution in [0.2, 0.25) is 0 Å². The van der Waals surface area contributed by atoms with E-state index in [1.54, 1.807) is 24.3 Å². The molecule has 0 saturated heterocycles. The monoisotopic (exact) mass is 295 g/mol. The molecule has 0 aliphatic heterocycles. The number of aliphatic carboxylic acids is 1. The molecule has 2 unspecified atom stereocenters. The third kappa shape index (κ3) is 5.21. The highest BCUT2D eigenvalue weighted by Gasteiger charge is 2.22. The molecule has 1 heterocycles. The lowest BCUT2D eigenvalue weighted by molar-refractivity contribution is -0.143. The van der Waals surface area contributed by atoms with E-state index in [9.17, 15) is 9.59 Å². The van der Waals surface area contributed by atoms with E-state index in [1.807, 2.05) is 17.7 Å². The van der Waals surface area contributed by atoms with Crippen molar-refractivity contribution in [2.24, 2.45) is 5.92 Å². The largest absolute Gasteiger partial charge is 0.481 e. The Kier molecular flexibility index (Phi) is 6.91. The smallest absolute Gasteiger partial charge is 0.308 e. The molecule has 6 heteroatoms. The van der Waals surface area contributed by atoms with E-state index in [1.165, 1.54) is 0 Å². The zero-order chi connectivity index (χ0) is 15.8. The van der Waals surface area contributed by atoms with E-state index in [-0.39, 0.29) is 18.5 Å². The molecule has 2 atom stereocenters. The number of nitrogens with zero attached hydrogens (tertiary/aromatic N) is 3. The second-order valence-electron chi connectivity index (χ2n) is 5.33. The minimum atomic E-state index is -0.874. The van der Waals surface area contributed by atoms with Gasteiger partial charge in [-0.25, -0.2) is 4.98 Å². The Balaban J connectivity index is 2.68. The van der Waals surface area contributed by atoms with Gasteiger partial charge in [-0.05, 0) is 13.3 Å². The molecular formula is C15H25N3O3. The van der Waals surface area contributed by atoms with Crippen LogP contribution in [0, 0.1) is 5.92 Å². The summed E-state index contributed by atoms with van der Waals surface area (Å²) in [6, 6.07) is 0.0826. The molecule has 0 aliphatic carbocycles. The maximum Gasteiger partial charge on any atom is 0.308 e. The number of aromatic nitrogens is 2. The third-order valence-electron chi connectivity index (χ3n) is 3.63. The number of amides is 1. The number of carboxylic acid groups (broad SMARTS) is 1. The lowest BCUT2D eigenvalue weighted by Crippen LogP contribution is -2.37. The highest BCUT2D eigenvalue weighted by atomic mass is 16.4. The first-order valence-electron chi connectivity index (χ1n) is 7.47. The van der Waals surface area contributed by atoms with Crippen molar-refractivity contribution in [1.29, 1.82) is 0 Å². The van der Waals surface area contributed by atoms with Crippen LogP contribution in [0.15, 0.2) is 18.7 Å². The third-order valence-corrected chi connectivity index (χ3v) is 3.63. The molecule has 0 saturated carbocycles. The Morgan fingerprint density at radius 2 is 2.10 bits per heavy atom. The van der Waals surface area contributed by atoms with Crippen LogP contribution in [0.1, 0.15) is 46.1 Å². The number of carbonyl (C=O) groups excluding carboxylic acids is 1. The number of imidazole rings is 1. The SMILES string of the molecule is CCCC(CC(=O)N(CC)CC(C)C(=O)O)n1ccnc1. The van der Waals surface area contributed by atoms with Crippen LogP contribution in [-0.2, 0) is 9.59 Å². The van der Waals surface area contributed by atoms with Gasteiger partial charge in [0, 0.05) is 37.9 Å². The fraction of sp³-hybridized carbons (Fsp3) is 0.667. The Hall–Kier alpha value is -1.85. The van der Waals surface area contributed by atoms with Gasteiger partial charge in [-0.1, -0.05) is 20.3 Å². The van der Waals surface area contributed by atoms with E-state index in [0.717, 1.165) is 12.8 Å². The van der Waals surface area contributed by atoms with Gasteiger partial charge in [0.1, 0.15) is 0 Å². The van der Waals surface area contributed by atoms with Crippen molar-refractivity contribution in [3.63, 3.8) is 0 Å². The van der Waals surface area contributed by atoms with Crippen LogP contribution in [0.4, 0.5) is 0 Å². The summed E-state index contributed by atoms with van der Waals surface area (Å²) in [4.78, 5) is 29.0. The Morgan fingerprint density at radius 3 is 2.57 bits per heavy atom. The van der Waals surface area contributed by atoms with Crippen LogP contribution in [0.5, 0.6) is 0 Å². The van der Waals surface area contributed by atoms with Crippen molar-refractivity contribution >= 4 is 11.9 Å². The minimum Gasteiger partial charge on any atom is -0.481 e. The first-order valence-corrected chi connectivity index (χ1v) is 7.47. The molecule has 1 amide bonds. The molecule has 0 aliphatic rings. The molecule has 0 aromatic carbocycles. The van der Waals surface area contributed by atoms with Gasteiger partial charge in [-0.2, -0.15) is 0 Å². The van der Waals surface area contributed by atoms with Gasteiger partial charge < -0.3 is 14.6 Å². The summed E-state index contributed by atoms with van der Waals surface area (Å²) in [6.45, 7) is 6.36. The van der Waals surface area contributed by atoms with Crippen LogP contribution in [-0.4, -0.2) is 44.5 Å². The highest BCUT2D eigenvalue weighted by molar-refractivity contribution is 5.77. The Morgan fingerprint density at radius 1 is 1.38 bits per heavy atom. The van der Waals surface area contributed by atoms with Crippen LogP contribution in [0.25, 0.3) is 0 Å². The second kappa shape index (κ2) is 8.44. The summed E-state index contributed by atoms with van der Waals surface area (Å²) >= 11 is 0. The zero-order valence-electron chi connectivity index (χ0n) is 13.0. The van der Waals surface area contributed by atoms with Gasteiger partial charge in [0.25, 0.3) is 0 Å². The molecule has 0 bridgehead atoms. The molecule has 118 valence electrons. The van der Waals surface area contributed by atoms with Crippen molar-refractivity contribution in [2.45, 2.75) is 46.1 Å². The predicted octanol–water partition coefficient (Wildman–Crippen LogP) is 2.18. The van der Waals surface area contributed by atoms with Gasteiger partial charge in [0.15, 0.2) is 0 Å². The molecule has 1 aromatic heterocycles. The molecule has 0 radical (unpaired) electrons. The quantitative estimate of drug-likeness (QED) is 0.757. The molecule has 1 rings (SSSR count). The van der Waals surface area contributed by atoms with Crippen LogP contribution in [0.3, 0.4) is 0 Å². The van der Waals surface area contributed by atoms with E-state index in [4.69, 9.17) is 5.11 Å². The lowest BCUT2D eigenvalue weighted by Gasteiger charge is -2.26. The lowest BCUT2D eigenvalue weighted by atomic mass is 10.1. The van der Waals surface area contributed by atoms with Crippen molar-refractivity contribution in [3.8, 4) is 0 Å². The van der Waals surface area contributed by atoms with Gasteiger partial charge in [-0.15, -0.1) is 0 Å². The van der Waals surface area contributed by atoms with Crippen molar-refractivity contribution in [3.05, 3.63) is 18.7 Å². The summed E-state index contributed by atoms with van der Waals surface area (Å²) in [5.41, 5.74) is 0. The molecule has 1 aromatic rings. The normalized spacial score (nSPS) is 13.7. The maximum absolute atomic E-state index is 12.4. The van der Waals surface area contributed by atoms with Gasteiger partial charge >= 0.3 is 5.97 Å². The molecule has 21 heavy (non-hydrogen) atoms. The Labute approximate surface area is 125 Å². The van der Waals surface area contributed by atoms with E-state index < -0.39 is 11.9 Å². The van der Waals surface area contributed by atoms with Crippen molar-refractivity contribution in [1.82, 2.24) is 14.5 Å². The van der Waals surface area contributed by atoms with Gasteiger partial charge in [-0.3, -0.25) is 9.59 Å². The van der Waals surface area contributed by atoms with Gasteiger partial charge in [0.05, 0.1) is 12.2 Å². The standard InChI is InChI=1S/C15H25N3O3/c1-4-6-13(18-8-7-16-11-18)9-14(19)17(5-2)10-12(3)15(20)21/h7-8,11-13H,4-6,9-10H2,1-3H3,(H,20,21). The predicted molar refractivity (Wildman–Crippen MR) is 79.8 cm³/mol. The topological polar surface area (TPSA) is 75.4 Å². The maximum atomic E-state index is 12.4. The second-order valence-corrected chi connectivity index (χ2v) is 5.33. The average molecular weight is 295 g/mol. The van der Waals surface area contributed by atoms with Gasteiger partial charge in [0.2, 0.25) is 5.91 Å². The van der Waals surface area contributed by atoms with Crippen molar-refractivity contribution in [2.75, 3.05) is 13.1 Å². The highest BCUT2D eigenvalue weighted by Crippen LogP contribution is 2.19. The Bertz CT molecular complexity index is 445. The first kappa shape index (κ1) is 17.2. The number of carbonyl (C=O) groups is 2. The minimum absolute atomic E-state index is 0.00208. The van der Waals surface area contributed by atoms with Crippen LogP contribution < -0.4 is 0 Å². The number of carboxylic acids is 1. The van der Waals surface area contributed by atoms with Crippen molar-refractivity contribution < 1.29 is 14.7 Å². The molecule has 0 fully saturated rings. The summed E-state index contributed by atoms with van der Waals surface area (Å²) in [6.07, 6.45) is 7.55. The number of rotatable bonds is 9. The summed E-state index contributed by atoms with van der Waals surface area (Å²) in [5.74, 6) is -1.43. The van der Waals surface area contributed by atoms with Crippen LogP contribution >= 0.6 is 0 Å². The molecular weight excluding hydrogens is 270 g/mol. The fourth-order valence-electron chi connectivity index (χ4n) is 2.32. The zero-order valence-corrected chi connectivity index (χ0v) is 13.0. The molecule has 6 nitrogen and oxygen atoms in total. The number of hydrogen-bond acceptors (Lipinski definition) is 3. The van der Waals surface area contributed by atoms with E-state index in [2.05, 4.69) is 11.9 Å². The first-order chi connectivity index (χ1) is 9.99.